The van der Waals surface area contributed by atoms with E-state index in [0.29, 0.717) is 5.56 Å². The number of nitrogens with one attached hydrogen (secondary N) is 4. The normalized spacial score (nSPS) is 13.6. The van der Waals surface area contributed by atoms with Crippen LogP contribution in [0.5, 0.6) is 0 Å². The summed E-state index contributed by atoms with van der Waals surface area (Å²) < 4.78 is 9.49. The van der Waals surface area contributed by atoms with Crippen molar-refractivity contribution in [3.05, 3.63) is 95.6 Å². The summed E-state index contributed by atoms with van der Waals surface area (Å²) >= 11 is 0. The van der Waals surface area contributed by atoms with Crippen LogP contribution in [0, 0.1) is 22.7 Å². The minimum atomic E-state index is -1.24. The molecule has 0 aliphatic carbocycles. The molecule has 0 spiro atoms. The third-order valence-corrected chi connectivity index (χ3v) is 8.44. The lowest BCUT2D eigenvalue weighted by molar-refractivity contribution is -0.132. The number of benzene rings is 3. The van der Waals surface area contributed by atoms with Crippen molar-refractivity contribution in [3.8, 4) is 17.2 Å². The number of amides is 4. The lowest BCUT2D eigenvalue weighted by Crippen LogP contribution is -2.60. The summed E-state index contributed by atoms with van der Waals surface area (Å²) in [7, 11) is 2.42. The van der Waals surface area contributed by atoms with Crippen molar-refractivity contribution < 1.29 is 33.8 Å². The topological polar surface area (TPSA) is 182 Å². The van der Waals surface area contributed by atoms with Crippen LogP contribution >= 0.6 is 0 Å². The van der Waals surface area contributed by atoms with E-state index in [4.69, 9.17) is 9.47 Å². The Bertz CT molecular complexity index is 1690. The first-order valence-corrected chi connectivity index (χ1v) is 17.0. The molecule has 52 heavy (non-hydrogen) atoms. The summed E-state index contributed by atoms with van der Waals surface area (Å²) in [6, 6.07) is 23.4. The number of rotatable bonds is 15. The van der Waals surface area contributed by atoms with Gasteiger partial charge in [-0.3, -0.25) is 15.0 Å². The first-order valence-electron chi connectivity index (χ1n) is 17.0. The molecule has 0 fully saturated rings. The van der Waals surface area contributed by atoms with Crippen LogP contribution in [0.3, 0.4) is 0 Å². The molecule has 3 aromatic rings. The van der Waals surface area contributed by atoms with Gasteiger partial charge in [-0.25, -0.2) is 14.6 Å². The van der Waals surface area contributed by atoms with Gasteiger partial charge in [-0.15, -0.1) is 0 Å². The lowest BCUT2D eigenvalue weighted by atomic mass is 9.86. The maximum atomic E-state index is 13.8. The zero-order valence-corrected chi connectivity index (χ0v) is 30.8. The second-order valence-electron chi connectivity index (χ2n) is 13.9. The van der Waals surface area contributed by atoms with Crippen molar-refractivity contribution in [1.82, 2.24) is 26.4 Å². The molecule has 278 valence electrons. The van der Waals surface area contributed by atoms with Crippen molar-refractivity contribution >= 4 is 24.0 Å². The molecule has 0 heterocycles. The van der Waals surface area contributed by atoms with E-state index in [0.717, 1.165) is 22.3 Å². The summed E-state index contributed by atoms with van der Waals surface area (Å²) in [6.07, 6.45) is -2.54. The summed E-state index contributed by atoms with van der Waals surface area (Å²) in [6.45, 7) is 8.92. The molecule has 3 aromatic carbocycles. The summed E-state index contributed by atoms with van der Waals surface area (Å²) in [5, 5.41) is 31.0. The third-order valence-electron chi connectivity index (χ3n) is 8.44. The Morgan fingerprint density at radius 2 is 1.40 bits per heavy atom. The fraction of sp³-hybridized carbons (Fsp3) is 0.410. The molecular weight excluding hydrogens is 664 g/mol. The number of nitrogens with zero attached hydrogens (tertiary/aromatic N) is 2. The lowest BCUT2D eigenvalue weighted by Gasteiger charge is -2.35. The van der Waals surface area contributed by atoms with Crippen molar-refractivity contribution in [2.24, 2.45) is 11.3 Å². The number of hydrogen-bond donors (Lipinski definition) is 5. The molecule has 0 saturated heterocycles. The van der Waals surface area contributed by atoms with Crippen LogP contribution in [0.1, 0.15) is 51.3 Å². The number of hydrogen-bond acceptors (Lipinski definition) is 9. The van der Waals surface area contributed by atoms with Crippen LogP contribution < -0.4 is 21.4 Å². The molecule has 13 nitrogen and oxygen atoms in total. The van der Waals surface area contributed by atoms with Crippen LogP contribution in [-0.2, 0) is 32.0 Å². The van der Waals surface area contributed by atoms with E-state index in [1.165, 1.54) is 19.2 Å². The Kier molecular flexibility index (Phi) is 15.2. The number of ether oxygens (including phenoxy) is 2. The van der Waals surface area contributed by atoms with Crippen LogP contribution in [0.2, 0.25) is 0 Å². The molecule has 3 rings (SSSR count). The molecule has 13 heteroatoms. The first kappa shape index (κ1) is 41.0. The highest BCUT2D eigenvalue weighted by Crippen LogP contribution is 2.24. The molecule has 4 atom stereocenters. The molecule has 0 saturated carbocycles. The van der Waals surface area contributed by atoms with E-state index < -0.39 is 53.6 Å². The molecule has 0 radical (unpaired) electrons. The largest absolute Gasteiger partial charge is 0.453 e. The van der Waals surface area contributed by atoms with Gasteiger partial charge in [0.05, 0.1) is 38.0 Å². The second kappa shape index (κ2) is 19.2. The van der Waals surface area contributed by atoms with E-state index >= 15 is 0 Å². The average molecular weight is 715 g/mol. The molecule has 0 bridgehead atoms. The zero-order valence-electron chi connectivity index (χ0n) is 30.8. The van der Waals surface area contributed by atoms with Gasteiger partial charge in [0.25, 0.3) is 5.91 Å². The van der Waals surface area contributed by atoms with E-state index in [9.17, 15) is 29.5 Å². The fourth-order valence-electron chi connectivity index (χ4n) is 5.56. The van der Waals surface area contributed by atoms with Gasteiger partial charge >= 0.3 is 12.2 Å². The monoisotopic (exact) mass is 714 g/mol. The van der Waals surface area contributed by atoms with Crippen molar-refractivity contribution in [2.45, 2.75) is 71.8 Å². The number of carbonyl (C=O) groups excluding carboxylic acids is 4. The van der Waals surface area contributed by atoms with Gasteiger partial charge in [0.2, 0.25) is 5.91 Å². The highest BCUT2D eigenvalue weighted by Gasteiger charge is 2.35. The number of aliphatic hydroxyl groups is 1. The van der Waals surface area contributed by atoms with Crippen LogP contribution in [0.15, 0.2) is 78.9 Å². The molecular formula is C39H50N6O7. The van der Waals surface area contributed by atoms with Gasteiger partial charge in [-0.05, 0) is 46.1 Å². The van der Waals surface area contributed by atoms with Crippen LogP contribution in [0.25, 0.3) is 11.1 Å². The Hall–Kier alpha value is -5.45. The van der Waals surface area contributed by atoms with Crippen LogP contribution in [-0.4, -0.2) is 79.1 Å². The van der Waals surface area contributed by atoms with E-state index in [1.807, 2.05) is 66.7 Å². The van der Waals surface area contributed by atoms with Gasteiger partial charge in [0.15, 0.2) is 0 Å². The van der Waals surface area contributed by atoms with Gasteiger partial charge in [0.1, 0.15) is 12.1 Å². The number of carbonyl (C=O) groups is 4. The van der Waals surface area contributed by atoms with Gasteiger partial charge in [-0.2, -0.15) is 5.26 Å². The minimum Gasteiger partial charge on any atom is -0.453 e. The number of methoxy groups -OCH3 is 2. The maximum absolute atomic E-state index is 13.8. The Morgan fingerprint density at radius 1 is 0.808 bits per heavy atom. The SMILES string of the molecule is COC(=O)N[C@H](C(=O)N[C@@H](Cc1ccccc1)[C@@H](O)CN(Cc1ccc(-c2ccccc2C#N)cc1)NC(=O)[C@@H](NC(=O)OC)C(C)(C)C)C(C)C. The highest BCUT2D eigenvalue weighted by atomic mass is 16.5. The number of nitriles is 1. The van der Waals surface area contributed by atoms with Crippen molar-refractivity contribution in [3.63, 3.8) is 0 Å². The fourth-order valence-corrected chi connectivity index (χ4v) is 5.56. The number of aliphatic hydroxyl groups excluding tert-OH is 1. The maximum Gasteiger partial charge on any atom is 0.407 e. The molecule has 0 aliphatic rings. The van der Waals surface area contributed by atoms with Gasteiger partial charge < -0.3 is 30.5 Å². The third kappa shape index (κ3) is 12.1. The quantitative estimate of drug-likeness (QED) is 0.143. The van der Waals surface area contributed by atoms with Crippen molar-refractivity contribution in [2.75, 3.05) is 20.8 Å². The Labute approximate surface area is 305 Å². The summed E-state index contributed by atoms with van der Waals surface area (Å²) in [5.74, 6) is -1.36. The molecule has 4 amide bonds. The molecule has 5 N–H and O–H groups in total. The predicted octanol–water partition coefficient (Wildman–Crippen LogP) is 4.30. The Morgan fingerprint density at radius 3 is 1.98 bits per heavy atom. The van der Waals surface area contributed by atoms with E-state index in [1.54, 1.807) is 46.8 Å². The van der Waals surface area contributed by atoms with Gasteiger partial charge in [0, 0.05) is 13.1 Å². The molecule has 0 aliphatic heterocycles. The van der Waals surface area contributed by atoms with Gasteiger partial charge in [-0.1, -0.05) is 107 Å². The zero-order chi connectivity index (χ0) is 38.4. The van der Waals surface area contributed by atoms with Crippen LogP contribution in [0.4, 0.5) is 9.59 Å². The molecule has 0 aromatic heterocycles. The summed E-state index contributed by atoms with van der Waals surface area (Å²) in [4.78, 5) is 51.7. The highest BCUT2D eigenvalue weighted by molar-refractivity contribution is 5.87. The predicted molar refractivity (Wildman–Crippen MR) is 196 cm³/mol. The van der Waals surface area contributed by atoms with E-state index in [-0.39, 0.29) is 25.4 Å². The Balaban J connectivity index is 1.97. The van der Waals surface area contributed by atoms with Crippen molar-refractivity contribution in [1.29, 1.82) is 5.26 Å². The van der Waals surface area contributed by atoms with E-state index in [2.05, 4.69) is 27.4 Å². The number of hydrazine groups is 1. The smallest absolute Gasteiger partial charge is 0.407 e. The second-order valence-corrected chi connectivity index (χ2v) is 13.9. The summed E-state index contributed by atoms with van der Waals surface area (Å²) in [5.41, 5.74) is 5.91. The standard InChI is InChI=1S/C39H50N6O7/c1-25(2)33(42-37(49)51-6)35(47)41-31(21-26-13-9-8-10-14-26)32(46)24-45(44-36(48)34(39(3,4)5)43-38(50)52-7)23-27-17-19-28(20-18-27)30-16-12-11-15-29(30)22-40/h8-20,25,31-34,46H,21,23-24H2,1-7H3,(H,41,47)(H,42,49)(H,43,50)(H,44,48)/t31-,32-,33-,34+/m0/s1. The molecule has 0 unspecified atom stereocenters. The first-order chi connectivity index (χ1) is 24.7. The average Bonchev–Trinajstić information content (AvgIpc) is 3.12. The number of alkyl carbamates (subject to hydrolysis) is 2. The minimum absolute atomic E-state index is 0.128.